The van der Waals surface area contributed by atoms with E-state index in [1.54, 1.807) is 13.2 Å². The smallest absolute Gasteiger partial charge is 0.150 e. The van der Waals surface area contributed by atoms with Crippen LogP contribution in [0.4, 0.5) is 4.39 Å². The number of hydrogen-bond donors (Lipinski definition) is 1. The van der Waals surface area contributed by atoms with Crippen molar-refractivity contribution in [2.75, 3.05) is 25.2 Å². The average molecular weight is 315 g/mol. The first-order valence-electron chi connectivity index (χ1n) is 7.24. The lowest BCUT2D eigenvalue weighted by atomic mass is 9.91. The number of benzene rings is 1. The van der Waals surface area contributed by atoms with Crippen LogP contribution in [0.1, 0.15) is 31.4 Å². The van der Waals surface area contributed by atoms with Gasteiger partial charge in [-0.3, -0.25) is 0 Å². The van der Waals surface area contributed by atoms with Gasteiger partial charge in [-0.25, -0.2) is 12.8 Å². The van der Waals surface area contributed by atoms with Gasteiger partial charge in [0, 0.05) is 11.6 Å². The van der Waals surface area contributed by atoms with Gasteiger partial charge in [-0.15, -0.1) is 0 Å². The third kappa shape index (κ3) is 3.95. The highest BCUT2D eigenvalue weighted by molar-refractivity contribution is 7.91. The Morgan fingerprint density at radius 2 is 2.24 bits per heavy atom. The third-order valence-corrected chi connectivity index (χ3v) is 5.67. The quantitative estimate of drug-likeness (QED) is 0.875. The number of ether oxygens (including phenoxy) is 1. The summed E-state index contributed by atoms with van der Waals surface area (Å²) >= 11 is 0. The highest BCUT2D eigenvalue weighted by Gasteiger charge is 2.35. The Morgan fingerprint density at radius 3 is 2.81 bits per heavy atom. The van der Waals surface area contributed by atoms with Crippen LogP contribution in [-0.2, 0) is 9.84 Å². The zero-order chi connectivity index (χ0) is 15.5. The van der Waals surface area contributed by atoms with Gasteiger partial charge in [0.05, 0.1) is 18.6 Å². The Labute approximate surface area is 125 Å². The molecule has 2 atom stereocenters. The fourth-order valence-corrected chi connectivity index (χ4v) is 4.71. The lowest BCUT2D eigenvalue weighted by molar-refractivity contribution is 0.359. The van der Waals surface area contributed by atoms with Crippen molar-refractivity contribution < 1.29 is 17.5 Å². The second-order valence-corrected chi connectivity index (χ2v) is 7.71. The minimum Gasteiger partial charge on any atom is -0.496 e. The molecule has 0 bridgehead atoms. The molecule has 0 aliphatic carbocycles. The summed E-state index contributed by atoms with van der Waals surface area (Å²) in [5.74, 6) is 0.565. The highest BCUT2D eigenvalue weighted by Crippen LogP contribution is 2.36. The third-order valence-electron chi connectivity index (χ3n) is 3.88. The van der Waals surface area contributed by atoms with Crippen molar-refractivity contribution in [2.24, 2.45) is 5.92 Å². The van der Waals surface area contributed by atoms with E-state index < -0.39 is 9.84 Å². The van der Waals surface area contributed by atoms with E-state index >= 15 is 0 Å². The molecule has 0 amide bonds. The van der Waals surface area contributed by atoms with Gasteiger partial charge in [0.1, 0.15) is 11.6 Å². The van der Waals surface area contributed by atoms with Crippen molar-refractivity contribution in [1.82, 2.24) is 5.32 Å². The van der Waals surface area contributed by atoms with Gasteiger partial charge in [-0.1, -0.05) is 6.92 Å². The Hall–Kier alpha value is -1.14. The Morgan fingerprint density at radius 1 is 1.48 bits per heavy atom. The lowest BCUT2D eigenvalue weighted by Crippen LogP contribution is -2.30. The number of halogens is 1. The number of nitrogens with one attached hydrogen (secondary N) is 1. The fourth-order valence-electron chi connectivity index (χ4n) is 2.87. The summed E-state index contributed by atoms with van der Waals surface area (Å²) in [5, 5.41) is 3.36. The minimum absolute atomic E-state index is 0.0442. The molecule has 6 heteroatoms. The van der Waals surface area contributed by atoms with Crippen LogP contribution in [0.2, 0.25) is 0 Å². The van der Waals surface area contributed by atoms with Crippen molar-refractivity contribution in [3.05, 3.63) is 29.6 Å². The van der Waals surface area contributed by atoms with Crippen molar-refractivity contribution in [2.45, 2.75) is 25.8 Å². The molecule has 0 aromatic heterocycles. The zero-order valence-corrected chi connectivity index (χ0v) is 13.2. The topological polar surface area (TPSA) is 55.4 Å². The van der Waals surface area contributed by atoms with Gasteiger partial charge in [0.15, 0.2) is 9.84 Å². The molecular weight excluding hydrogens is 293 g/mol. The molecule has 0 spiro atoms. The van der Waals surface area contributed by atoms with Crippen molar-refractivity contribution in [3.63, 3.8) is 0 Å². The molecule has 2 unspecified atom stereocenters. The van der Waals surface area contributed by atoms with Crippen LogP contribution in [0.5, 0.6) is 5.75 Å². The predicted molar refractivity (Wildman–Crippen MR) is 80.7 cm³/mol. The lowest BCUT2D eigenvalue weighted by Gasteiger charge is -2.26. The fraction of sp³-hybridized carbons (Fsp3) is 0.600. The van der Waals surface area contributed by atoms with E-state index in [9.17, 15) is 12.8 Å². The molecule has 1 saturated heterocycles. The molecule has 0 saturated carbocycles. The average Bonchev–Trinajstić information content (AvgIpc) is 2.80. The molecule has 1 aromatic carbocycles. The van der Waals surface area contributed by atoms with Crippen LogP contribution in [0.3, 0.4) is 0 Å². The number of rotatable bonds is 6. The Kier molecular flexibility index (Phi) is 5.22. The molecule has 118 valence electrons. The van der Waals surface area contributed by atoms with Gasteiger partial charge in [-0.05, 0) is 43.5 Å². The first-order valence-corrected chi connectivity index (χ1v) is 9.06. The van der Waals surface area contributed by atoms with E-state index in [2.05, 4.69) is 5.32 Å². The monoisotopic (exact) mass is 315 g/mol. The molecule has 21 heavy (non-hydrogen) atoms. The Bertz CT molecular complexity index is 589. The normalized spacial score (nSPS) is 22.1. The Balaban J connectivity index is 2.34. The maximum Gasteiger partial charge on any atom is 0.150 e. The van der Waals surface area contributed by atoms with E-state index in [0.29, 0.717) is 17.7 Å². The summed E-state index contributed by atoms with van der Waals surface area (Å²) < 4.78 is 42.4. The van der Waals surface area contributed by atoms with Crippen molar-refractivity contribution >= 4 is 9.84 Å². The minimum atomic E-state index is -2.98. The first-order chi connectivity index (χ1) is 9.96. The maximum atomic E-state index is 13.6. The van der Waals surface area contributed by atoms with Gasteiger partial charge >= 0.3 is 0 Å². The van der Waals surface area contributed by atoms with Gasteiger partial charge in [-0.2, -0.15) is 0 Å². The molecule has 1 heterocycles. The van der Waals surface area contributed by atoms with Gasteiger partial charge < -0.3 is 10.1 Å². The molecule has 1 aromatic rings. The number of methoxy groups -OCH3 is 1. The largest absolute Gasteiger partial charge is 0.496 e. The summed E-state index contributed by atoms with van der Waals surface area (Å²) in [6.45, 7) is 2.79. The van der Waals surface area contributed by atoms with Gasteiger partial charge in [0.25, 0.3) is 0 Å². The van der Waals surface area contributed by atoms with Crippen molar-refractivity contribution in [1.29, 1.82) is 0 Å². The summed E-state index contributed by atoms with van der Waals surface area (Å²) in [5.41, 5.74) is 0.702. The second kappa shape index (κ2) is 6.75. The van der Waals surface area contributed by atoms with Crippen LogP contribution < -0.4 is 10.1 Å². The number of sulfone groups is 1. The maximum absolute atomic E-state index is 13.6. The predicted octanol–water partition coefficient (Wildman–Crippen LogP) is 2.31. The molecule has 1 N–H and O–H groups in total. The second-order valence-electron chi connectivity index (χ2n) is 5.48. The van der Waals surface area contributed by atoms with E-state index in [1.165, 1.54) is 12.1 Å². The molecular formula is C15H22FNO3S. The van der Waals surface area contributed by atoms with Crippen LogP contribution >= 0.6 is 0 Å². The molecule has 1 fully saturated rings. The molecule has 0 radical (unpaired) electrons. The van der Waals surface area contributed by atoms with Crippen LogP contribution in [-0.4, -0.2) is 33.6 Å². The SMILES string of the molecule is CCCNC(c1cc(F)ccc1OC)C1CCS(=O)(=O)C1. The molecule has 2 rings (SSSR count). The van der Waals surface area contributed by atoms with Crippen LogP contribution in [0.25, 0.3) is 0 Å². The highest BCUT2D eigenvalue weighted by atomic mass is 32.2. The molecule has 4 nitrogen and oxygen atoms in total. The summed E-state index contributed by atoms with van der Waals surface area (Å²) in [6, 6.07) is 4.18. The van der Waals surface area contributed by atoms with Crippen LogP contribution in [0.15, 0.2) is 18.2 Å². The zero-order valence-electron chi connectivity index (χ0n) is 12.4. The van der Waals surface area contributed by atoms with E-state index in [4.69, 9.17) is 4.74 Å². The molecule has 1 aliphatic heterocycles. The number of hydrogen-bond acceptors (Lipinski definition) is 4. The van der Waals surface area contributed by atoms with Crippen LogP contribution in [0, 0.1) is 11.7 Å². The summed E-state index contributed by atoms with van der Waals surface area (Å²) in [6.07, 6.45) is 1.52. The summed E-state index contributed by atoms with van der Waals surface area (Å²) in [7, 11) is -1.44. The van der Waals surface area contributed by atoms with Crippen molar-refractivity contribution in [3.8, 4) is 5.75 Å². The van der Waals surface area contributed by atoms with E-state index in [0.717, 1.165) is 13.0 Å². The summed E-state index contributed by atoms with van der Waals surface area (Å²) in [4.78, 5) is 0. The standard InChI is InChI=1S/C15H22FNO3S/c1-3-7-17-15(11-6-8-21(18,19)10-11)13-9-12(16)4-5-14(13)20-2/h4-5,9,11,15,17H,3,6-8,10H2,1-2H3. The molecule has 1 aliphatic rings. The van der Waals surface area contributed by atoms with E-state index in [1.807, 2.05) is 6.92 Å². The first kappa shape index (κ1) is 16.2. The van der Waals surface area contributed by atoms with E-state index in [-0.39, 0.29) is 29.3 Å². The van der Waals surface area contributed by atoms with Gasteiger partial charge in [0.2, 0.25) is 0 Å².